The van der Waals surface area contributed by atoms with Gasteiger partial charge in [0.2, 0.25) is 17.6 Å². The molecule has 214 valence electrons. The highest BCUT2D eigenvalue weighted by Gasteiger charge is 2.59. The normalized spacial score (nSPS) is 22.7. The van der Waals surface area contributed by atoms with Crippen molar-refractivity contribution in [2.45, 2.75) is 26.4 Å². The van der Waals surface area contributed by atoms with Crippen LogP contribution in [0.15, 0.2) is 84.9 Å². The van der Waals surface area contributed by atoms with Crippen LogP contribution >= 0.6 is 11.6 Å². The SMILES string of the molecule is Cc1c(Cl)ccc2c(C(=O)OC(C)C(=O)c3ccccc3)cc(-c3ccc(N4C(=O)C5C6C=CC(C6)C5C4=O)cc3)nc12. The summed E-state index contributed by atoms with van der Waals surface area (Å²) < 4.78 is 5.65. The number of anilines is 1. The number of imide groups is 1. The van der Waals surface area contributed by atoms with Crippen LogP contribution in [0.3, 0.4) is 0 Å². The molecule has 3 aliphatic rings. The van der Waals surface area contributed by atoms with E-state index in [2.05, 4.69) is 12.2 Å². The third-order valence-electron chi connectivity index (χ3n) is 8.99. The Morgan fingerprint density at radius 2 is 1.58 bits per heavy atom. The molecule has 7 rings (SSSR count). The van der Waals surface area contributed by atoms with Crippen LogP contribution in [-0.4, -0.2) is 34.7 Å². The Labute approximate surface area is 253 Å². The number of nitrogens with zero attached hydrogens (tertiary/aromatic N) is 2. The number of Topliss-reactive ketones (excluding diaryl/α,β-unsaturated/α-hetero) is 1. The smallest absolute Gasteiger partial charge is 0.339 e. The zero-order valence-corrected chi connectivity index (χ0v) is 24.2. The van der Waals surface area contributed by atoms with E-state index in [4.69, 9.17) is 21.3 Å². The summed E-state index contributed by atoms with van der Waals surface area (Å²) in [5.74, 6) is -1.53. The van der Waals surface area contributed by atoms with Crippen molar-refractivity contribution < 1.29 is 23.9 Å². The van der Waals surface area contributed by atoms with Crippen molar-refractivity contribution in [2.75, 3.05) is 4.90 Å². The van der Waals surface area contributed by atoms with Gasteiger partial charge in [-0.3, -0.25) is 19.3 Å². The zero-order chi connectivity index (χ0) is 30.0. The van der Waals surface area contributed by atoms with Crippen LogP contribution in [-0.2, 0) is 14.3 Å². The lowest BCUT2D eigenvalue weighted by Crippen LogP contribution is -2.32. The van der Waals surface area contributed by atoms with Gasteiger partial charge in [0.15, 0.2) is 6.10 Å². The number of benzene rings is 3. The molecule has 43 heavy (non-hydrogen) atoms. The monoisotopic (exact) mass is 590 g/mol. The standard InChI is InChI=1S/C35H27ClN2O5/c1-18-27(36)15-14-25-26(35(42)43-19(2)32(39)21-6-4-3-5-7-21)17-28(37-31(18)25)20-10-12-24(13-11-20)38-33(40)29-22-8-9-23(16-22)30(29)34(38)41/h3-15,17,19,22-23,29-30H,16H2,1-2H3. The van der Waals surface area contributed by atoms with E-state index in [0.717, 1.165) is 6.42 Å². The van der Waals surface area contributed by atoms with E-state index in [1.807, 2.05) is 13.0 Å². The molecule has 4 aromatic rings. The van der Waals surface area contributed by atoms with Crippen molar-refractivity contribution in [1.82, 2.24) is 4.98 Å². The Bertz CT molecular complexity index is 1840. The fourth-order valence-corrected chi connectivity index (χ4v) is 6.93. The molecule has 0 N–H and O–H groups in total. The maximum absolute atomic E-state index is 13.5. The highest BCUT2D eigenvalue weighted by molar-refractivity contribution is 6.32. The molecule has 3 aromatic carbocycles. The summed E-state index contributed by atoms with van der Waals surface area (Å²) in [7, 11) is 0. The Hall–Kier alpha value is -4.62. The molecule has 2 amide bonds. The van der Waals surface area contributed by atoms with Gasteiger partial charge in [-0.15, -0.1) is 0 Å². The number of aryl methyl sites for hydroxylation is 1. The van der Waals surface area contributed by atoms with Crippen LogP contribution in [0.2, 0.25) is 5.02 Å². The summed E-state index contributed by atoms with van der Waals surface area (Å²) in [6.45, 7) is 3.37. The van der Waals surface area contributed by atoms with E-state index in [0.29, 0.717) is 44.0 Å². The van der Waals surface area contributed by atoms with Crippen molar-refractivity contribution in [2.24, 2.45) is 23.7 Å². The maximum Gasteiger partial charge on any atom is 0.339 e. The number of esters is 1. The van der Waals surface area contributed by atoms with Crippen LogP contribution in [0.4, 0.5) is 5.69 Å². The molecule has 2 fully saturated rings. The molecular weight excluding hydrogens is 564 g/mol. The fourth-order valence-electron chi connectivity index (χ4n) is 6.77. The number of allylic oxidation sites excluding steroid dienone is 2. The van der Waals surface area contributed by atoms with Gasteiger partial charge in [0, 0.05) is 21.5 Å². The molecule has 1 saturated carbocycles. The van der Waals surface area contributed by atoms with Crippen LogP contribution in [0.25, 0.3) is 22.2 Å². The summed E-state index contributed by atoms with van der Waals surface area (Å²) in [5, 5.41) is 1.05. The minimum Gasteiger partial charge on any atom is -0.451 e. The van der Waals surface area contributed by atoms with Crippen molar-refractivity contribution in [3.8, 4) is 11.3 Å². The number of halogens is 1. The van der Waals surface area contributed by atoms with Gasteiger partial charge in [0.25, 0.3) is 0 Å². The number of carbonyl (C=O) groups is 4. The molecule has 1 aromatic heterocycles. The number of pyridine rings is 1. The second-order valence-corrected chi connectivity index (χ2v) is 11.9. The lowest BCUT2D eigenvalue weighted by molar-refractivity contribution is -0.123. The first kappa shape index (κ1) is 27.2. The number of aromatic nitrogens is 1. The first-order valence-electron chi connectivity index (χ1n) is 14.3. The molecule has 1 saturated heterocycles. The van der Waals surface area contributed by atoms with Gasteiger partial charge in [-0.1, -0.05) is 72.3 Å². The van der Waals surface area contributed by atoms with E-state index in [9.17, 15) is 19.2 Å². The Morgan fingerprint density at radius 3 is 2.23 bits per heavy atom. The molecule has 5 atom stereocenters. The molecular formula is C35H27ClN2O5. The van der Waals surface area contributed by atoms with Gasteiger partial charge in [-0.05, 0) is 61.9 Å². The number of hydrogen-bond donors (Lipinski definition) is 0. The maximum atomic E-state index is 13.5. The number of hydrogen-bond acceptors (Lipinski definition) is 6. The van der Waals surface area contributed by atoms with Crippen molar-refractivity contribution in [1.29, 1.82) is 0 Å². The number of ether oxygens (including phenoxy) is 1. The number of carbonyl (C=O) groups excluding carboxylic acids is 4. The third kappa shape index (κ3) is 4.38. The molecule has 0 radical (unpaired) electrons. The second kappa shape index (κ2) is 10.3. The summed E-state index contributed by atoms with van der Waals surface area (Å²) in [4.78, 5) is 59.1. The zero-order valence-electron chi connectivity index (χ0n) is 23.5. The molecule has 2 bridgehead atoms. The molecule has 2 heterocycles. The minimum atomic E-state index is -1.00. The van der Waals surface area contributed by atoms with Crippen LogP contribution in [0.1, 0.15) is 39.6 Å². The Kier molecular flexibility index (Phi) is 6.51. The third-order valence-corrected chi connectivity index (χ3v) is 9.40. The van der Waals surface area contributed by atoms with E-state index < -0.39 is 12.1 Å². The molecule has 7 nitrogen and oxygen atoms in total. The van der Waals surface area contributed by atoms with E-state index in [1.54, 1.807) is 73.7 Å². The molecule has 0 spiro atoms. The van der Waals surface area contributed by atoms with E-state index in [-0.39, 0.29) is 46.8 Å². The van der Waals surface area contributed by atoms with Crippen LogP contribution in [0.5, 0.6) is 0 Å². The first-order valence-corrected chi connectivity index (χ1v) is 14.7. The molecule has 2 aliphatic carbocycles. The number of amides is 2. The molecule has 8 heteroatoms. The highest BCUT2D eigenvalue weighted by Crippen LogP contribution is 2.53. The fraction of sp³-hybridized carbons (Fsp3) is 0.229. The average Bonchev–Trinajstić information content (AvgIpc) is 3.72. The number of ketones is 1. The summed E-state index contributed by atoms with van der Waals surface area (Å²) >= 11 is 6.42. The van der Waals surface area contributed by atoms with E-state index in [1.165, 1.54) is 4.90 Å². The van der Waals surface area contributed by atoms with Gasteiger partial charge in [-0.25, -0.2) is 9.78 Å². The van der Waals surface area contributed by atoms with Gasteiger partial charge in [-0.2, -0.15) is 0 Å². The number of rotatable bonds is 6. The number of fused-ring (bicyclic) bond motifs is 6. The van der Waals surface area contributed by atoms with Gasteiger partial charge in [0.1, 0.15) is 0 Å². The Balaban J connectivity index is 1.21. The molecule has 5 unspecified atom stereocenters. The first-order chi connectivity index (χ1) is 20.7. The topological polar surface area (TPSA) is 93.6 Å². The van der Waals surface area contributed by atoms with Crippen molar-refractivity contribution in [3.05, 3.63) is 107 Å². The van der Waals surface area contributed by atoms with Gasteiger partial charge in [0.05, 0.1) is 34.3 Å². The summed E-state index contributed by atoms with van der Waals surface area (Å²) in [6.07, 6.45) is 4.02. The second-order valence-electron chi connectivity index (χ2n) is 11.5. The van der Waals surface area contributed by atoms with Gasteiger partial charge >= 0.3 is 5.97 Å². The van der Waals surface area contributed by atoms with Crippen molar-refractivity contribution >= 4 is 51.8 Å². The van der Waals surface area contributed by atoms with Gasteiger partial charge < -0.3 is 4.74 Å². The quantitative estimate of drug-likeness (QED) is 0.109. The minimum absolute atomic E-state index is 0.136. The lowest BCUT2D eigenvalue weighted by Gasteiger charge is -2.18. The Morgan fingerprint density at radius 1 is 0.930 bits per heavy atom. The predicted molar refractivity (Wildman–Crippen MR) is 163 cm³/mol. The lowest BCUT2D eigenvalue weighted by atomic mass is 9.85. The highest BCUT2D eigenvalue weighted by atomic mass is 35.5. The van der Waals surface area contributed by atoms with Crippen LogP contribution < -0.4 is 4.90 Å². The van der Waals surface area contributed by atoms with Crippen molar-refractivity contribution in [3.63, 3.8) is 0 Å². The summed E-state index contributed by atoms with van der Waals surface area (Å²) in [6, 6.07) is 20.8. The molecule has 1 aliphatic heterocycles. The largest absolute Gasteiger partial charge is 0.451 e. The summed E-state index contributed by atoms with van der Waals surface area (Å²) in [5.41, 5.74) is 3.60. The van der Waals surface area contributed by atoms with E-state index >= 15 is 0 Å². The average molecular weight is 591 g/mol. The predicted octanol–water partition coefficient (Wildman–Crippen LogP) is 6.60. The van der Waals surface area contributed by atoms with Crippen LogP contribution in [0, 0.1) is 30.6 Å².